The number of ether oxygens (including phenoxy) is 1. The lowest BCUT2D eigenvalue weighted by Gasteiger charge is -2.01. The van der Waals surface area contributed by atoms with Gasteiger partial charge in [-0.15, -0.1) is 0 Å². The van der Waals surface area contributed by atoms with Crippen molar-refractivity contribution >= 4 is 28.3 Å². The number of anilines is 1. The van der Waals surface area contributed by atoms with E-state index in [4.69, 9.17) is 14.9 Å². The van der Waals surface area contributed by atoms with Gasteiger partial charge in [0, 0.05) is 23.2 Å². The van der Waals surface area contributed by atoms with Gasteiger partial charge < -0.3 is 14.9 Å². The molecule has 110 valence electrons. The highest BCUT2D eigenvalue weighted by molar-refractivity contribution is 5.94. The first-order valence-electron chi connectivity index (χ1n) is 6.28. The molecule has 0 bridgehead atoms. The molecule has 0 unspecified atom stereocenters. The number of carbonyl (C=O) groups is 1. The van der Waals surface area contributed by atoms with E-state index < -0.39 is 10.9 Å². The number of carbonyl (C=O) groups excluding carboxylic acids is 1. The van der Waals surface area contributed by atoms with Crippen molar-refractivity contribution < 1.29 is 18.9 Å². The summed E-state index contributed by atoms with van der Waals surface area (Å²) in [6, 6.07) is 11.7. The Bertz CT molecular complexity index is 867. The van der Waals surface area contributed by atoms with E-state index in [0.29, 0.717) is 16.7 Å². The minimum absolute atomic E-state index is 0.0268. The molecule has 2 aromatic carbocycles. The standard InChI is InChI=1S/C15H10N2O5/c16-10-1-6-13-9(7-10)8-14(22-13)15(18)21-12-4-2-11(3-5-12)17(19)20/h1-8H,16H2. The molecule has 0 radical (unpaired) electrons. The Morgan fingerprint density at radius 3 is 2.55 bits per heavy atom. The zero-order chi connectivity index (χ0) is 15.7. The number of nitro benzene ring substituents is 1. The Labute approximate surface area is 124 Å². The smallest absolute Gasteiger partial charge is 0.379 e. The molecule has 0 aliphatic heterocycles. The molecule has 22 heavy (non-hydrogen) atoms. The van der Waals surface area contributed by atoms with Gasteiger partial charge in [-0.2, -0.15) is 0 Å². The van der Waals surface area contributed by atoms with Gasteiger partial charge in [-0.3, -0.25) is 10.1 Å². The summed E-state index contributed by atoms with van der Waals surface area (Å²) in [6.07, 6.45) is 0. The molecule has 3 rings (SSSR count). The average Bonchev–Trinajstić information content (AvgIpc) is 2.91. The van der Waals surface area contributed by atoms with Gasteiger partial charge in [0.05, 0.1) is 4.92 Å². The van der Waals surface area contributed by atoms with Crippen LogP contribution in [0.5, 0.6) is 5.75 Å². The van der Waals surface area contributed by atoms with E-state index in [2.05, 4.69) is 0 Å². The van der Waals surface area contributed by atoms with Crippen LogP contribution in [0.3, 0.4) is 0 Å². The van der Waals surface area contributed by atoms with Crippen molar-refractivity contribution in [1.29, 1.82) is 0 Å². The van der Waals surface area contributed by atoms with Gasteiger partial charge in [0.1, 0.15) is 11.3 Å². The predicted molar refractivity (Wildman–Crippen MR) is 78.7 cm³/mol. The number of esters is 1. The lowest BCUT2D eigenvalue weighted by molar-refractivity contribution is -0.384. The Hall–Kier alpha value is -3.35. The normalized spacial score (nSPS) is 10.5. The van der Waals surface area contributed by atoms with Crippen LogP contribution in [0.15, 0.2) is 52.9 Å². The van der Waals surface area contributed by atoms with Crippen LogP contribution in [0, 0.1) is 10.1 Å². The summed E-state index contributed by atoms with van der Waals surface area (Å²) in [5.41, 5.74) is 6.65. The Balaban J connectivity index is 1.81. The summed E-state index contributed by atoms with van der Waals surface area (Å²) in [6.45, 7) is 0. The number of hydrogen-bond donors (Lipinski definition) is 1. The molecule has 1 aromatic heterocycles. The van der Waals surface area contributed by atoms with Gasteiger partial charge in [0.2, 0.25) is 5.76 Å². The molecule has 7 nitrogen and oxygen atoms in total. The van der Waals surface area contributed by atoms with Crippen LogP contribution in [0.25, 0.3) is 11.0 Å². The topological polar surface area (TPSA) is 109 Å². The van der Waals surface area contributed by atoms with E-state index in [1.54, 1.807) is 18.2 Å². The molecule has 0 fully saturated rings. The van der Waals surface area contributed by atoms with Gasteiger partial charge in [-0.1, -0.05) is 0 Å². The third-order valence-corrected chi connectivity index (χ3v) is 3.00. The number of hydrogen-bond acceptors (Lipinski definition) is 6. The molecule has 0 atom stereocenters. The molecule has 0 aliphatic rings. The van der Waals surface area contributed by atoms with Crippen LogP contribution < -0.4 is 10.5 Å². The lowest BCUT2D eigenvalue weighted by atomic mass is 10.2. The van der Waals surface area contributed by atoms with Crippen LogP contribution >= 0.6 is 0 Å². The molecular formula is C15H10N2O5. The fourth-order valence-electron chi connectivity index (χ4n) is 1.96. The van der Waals surface area contributed by atoms with Crippen molar-refractivity contribution in [3.05, 3.63) is 64.4 Å². The third kappa shape index (κ3) is 2.59. The summed E-state index contributed by atoms with van der Waals surface area (Å²) in [5, 5.41) is 11.2. The minimum Gasteiger partial charge on any atom is -0.449 e. The fourth-order valence-corrected chi connectivity index (χ4v) is 1.96. The maximum Gasteiger partial charge on any atom is 0.379 e. The SMILES string of the molecule is Nc1ccc2oc(C(=O)Oc3ccc([N+](=O)[O-])cc3)cc2c1. The maximum atomic E-state index is 12.0. The van der Waals surface area contributed by atoms with Gasteiger partial charge in [-0.05, 0) is 36.4 Å². The van der Waals surface area contributed by atoms with Crippen LogP contribution in [-0.4, -0.2) is 10.9 Å². The number of nitrogens with two attached hydrogens (primary N) is 1. The fraction of sp³-hybridized carbons (Fsp3) is 0. The largest absolute Gasteiger partial charge is 0.449 e. The molecular weight excluding hydrogens is 288 g/mol. The van der Waals surface area contributed by atoms with E-state index in [-0.39, 0.29) is 17.2 Å². The second kappa shape index (κ2) is 5.21. The average molecular weight is 298 g/mol. The molecule has 2 N–H and O–H groups in total. The molecule has 0 saturated heterocycles. The van der Waals surface area contributed by atoms with E-state index in [0.717, 1.165) is 0 Å². The monoisotopic (exact) mass is 298 g/mol. The van der Waals surface area contributed by atoms with Crippen molar-refractivity contribution in [2.45, 2.75) is 0 Å². The van der Waals surface area contributed by atoms with Gasteiger partial charge in [-0.25, -0.2) is 4.79 Å². The summed E-state index contributed by atoms with van der Waals surface area (Å²) >= 11 is 0. The molecule has 3 aromatic rings. The number of fused-ring (bicyclic) bond motifs is 1. The number of nitro groups is 1. The number of non-ortho nitro benzene ring substituents is 1. The van der Waals surface area contributed by atoms with Crippen molar-refractivity contribution in [3.8, 4) is 5.75 Å². The Morgan fingerprint density at radius 1 is 1.14 bits per heavy atom. The summed E-state index contributed by atoms with van der Waals surface area (Å²) in [4.78, 5) is 22.0. The molecule has 1 heterocycles. The molecule has 7 heteroatoms. The lowest BCUT2D eigenvalue weighted by Crippen LogP contribution is -2.07. The summed E-state index contributed by atoms with van der Waals surface area (Å²) < 4.78 is 10.5. The van der Waals surface area contributed by atoms with Gasteiger partial charge >= 0.3 is 5.97 Å². The number of furan rings is 1. The first-order chi connectivity index (χ1) is 10.5. The molecule has 0 amide bonds. The summed E-state index contributed by atoms with van der Waals surface area (Å²) in [7, 11) is 0. The molecule has 0 spiro atoms. The van der Waals surface area contributed by atoms with E-state index in [1.807, 2.05) is 0 Å². The second-order valence-electron chi connectivity index (χ2n) is 4.55. The predicted octanol–water partition coefficient (Wildman–Crippen LogP) is 3.14. The minimum atomic E-state index is -0.691. The zero-order valence-electron chi connectivity index (χ0n) is 11.2. The first kappa shape index (κ1) is 13.6. The quantitative estimate of drug-likeness (QED) is 0.261. The Morgan fingerprint density at radius 2 is 1.86 bits per heavy atom. The van der Waals surface area contributed by atoms with Gasteiger partial charge in [0.25, 0.3) is 5.69 Å². The maximum absolute atomic E-state index is 12.0. The highest BCUT2D eigenvalue weighted by Gasteiger charge is 2.15. The highest BCUT2D eigenvalue weighted by Crippen LogP contribution is 2.23. The van der Waals surface area contributed by atoms with Crippen molar-refractivity contribution in [2.75, 3.05) is 5.73 Å². The van der Waals surface area contributed by atoms with Crippen molar-refractivity contribution in [1.82, 2.24) is 0 Å². The number of nitrogen functional groups attached to an aromatic ring is 1. The highest BCUT2D eigenvalue weighted by atomic mass is 16.6. The number of nitrogens with zero attached hydrogens (tertiary/aromatic N) is 1. The van der Waals surface area contributed by atoms with Gasteiger partial charge in [0.15, 0.2) is 0 Å². The third-order valence-electron chi connectivity index (χ3n) is 3.00. The van der Waals surface area contributed by atoms with Crippen LogP contribution in [0.1, 0.15) is 10.6 Å². The van der Waals surface area contributed by atoms with Crippen LogP contribution in [-0.2, 0) is 0 Å². The van der Waals surface area contributed by atoms with E-state index >= 15 is 0 Å². The zero-order valence-corrected chi connectivity index (χ0v) is 11.2. The van der Waals surface area contributed by atoms with Crippen molar-refractivity contribution in [2.24, 2.45) is 0 Å². The van der Waals surface area contributed by atoms with E-state index in [1.165, 1.54) is 30.3 Å². The second-order valence-corrected chi connectivity index (χ2v) is 4.55. The molecule has 0 aliphatic carbocycles. The number of benzene rings is 2. The van der Waals surface area contributed by atoms with Crippen LogP contribution in [0.2, 0.25) is 0 Å². The summed E-state index contributed by atoms with van der Waals surface area (Å²) in [5.74, 6) is -0.474. The van der Waals surface area contributed by atoms with E-state index in [9.17, 15) is 14.9 Å². The van der Waals surface area contributed by atoms with Crippen molar-refractivity contribution in [3.63, 3.8) is 0 Å². The molecule has 0 saturated carbocycles. The van der Waals surface area contributed by atoms with Crippen LogP contribution in [0.4, 0.5) is 11.4 Å². The number of rotatable bonds is 3. The Kier molecular flexibility index (Phi) is 3.23. The first-order valence-corrected chi connectivity index (χ1v) is 6.28.